The highest BCUT2D eigenvalue weighted by Gasteiger charge is 2.12. The third kappa shape index (κ3) is 5.30. The van der Waals surface area contributed by atoms with Gasteiger partial charge in [-0.3, -0.25) is 0 Å². The smallest absolute Gasteiger partial charge is 0.315 e. The summed E-state index contributed by atoms with van der Waals surface area (Å²) in [5.41, 5.74) is 1.81. The van der Waals surface area contributed by atoms with Gasteiger partial charge >= 0.3 is 6.03 Å². The van der Waals surface area contributed by atoms with Crippen molar-refractivity contribution >= 4 is 6.03 Å². The molecule has 0 radical (unpaired) electrons. The maximum absolute atomic E-state index is 12.0. The Kier molecular flexibility index (Phi) is 6.44. The Morgan fingerprint density at radius 2 is 1.96 bits per heavy atom. The lowest BCUT2D eigenvalue weighted by Gasteiger charge is -2.17. The molecule has 0 unspecified atom stereocenters. The van der Waals surface area contributed by atoms with Gasteiger partial charge in [-0.15, -0.1) is 0 Å². The number of hydrogen-bond acceptors (Lipinski definition) is 3. The summed E-state index contributed by atoms with van der Waals surface area (Å²) in [4.78, 5) is 12.0. The molecule has 5 nitrogen and oxygen atoms in total. The van der Waals surface area contributed by atoms with Crippen LogP contribution in [-0.4, -0.2) is 24.4 Å². The van der Waals surface area contributed by atoms with E-state index in [0.717, 1.165) is 16.9 Å². The first-order chi connectivity index (χ1) is 11.2. The van der Waals surface area contributed by atoms with E-state index in [1.165, 1.54) is 0 Å². The largest absolute Gasteiger partial charge is 0.494 e. The molecular formula is C18H22N2O3. The Morgan fingerprint density at radius 1 is 1.17 bits per heavy atom. The van der Waals surface area contributed by atoms with Crippen LogP contribution in [0.1, 0.15) is 24.1 Å². The van der Waals surface area contributed by atoms with E-state index in [9.17, 15) is 9.90 Å². The molecule has 2 amide bonds. The van der Waals surface area contributed by atoms with Crippen molar-refractivity contribution in [3.05, 3.63) is 65.7 Å². The highest BCUT2D eigenvalue weighted by Crippen LogP contribution is 2.13. The van der Waals surface area contributed by atoms with Gasteiger partial charge in [0.2, 0.25) is 0 Å². The molecule has 0 saturated heterocycles. The maximum Gasteiger partial charge on any atom is 0.315 e. The minimum absolute atomic E-state index is 0.155. The van der Waals surface area contributed by atoms with Gasteiger partial charge < -0.3 is 20.5 Å². The van der Waals surface area contributed by atoms with Crippen molar-refractivity contribution in [1.29, 1.82) is 0 Å². The van der Waals surface area contributed by atoms with Crippen LogP contribution >= 0.6 is 0 Å². The molecule has 0 saturated carbocycles. The molecule has 2 aromatic carbocycles. The minimum Gasteiger partial charge on any atom is -0.494 e. The van der Waals surface area contributed by atoms with E-state index in [2.05, 4.69) is 10.6 Å². The molecular weight excluding hydrogens is 292 g/mol. The van der Waals surface area contributed by atoms with Gasteiger partial charge in [0.25, 0.3) is 0 Å². The summed E-state index contributed by atoms with van der Waals surface area (Å²) in [7, 11) is 0. The number of urea groups is 1. The summed E-state index contributed by atoms with van der Waals surface area (Å²) in [5, 5.41) is 15.0. The molecule has 122 valence electrons. The lowest BCUT2D eigenvalue weighted by molar-refractivity contribution is 0.216. The third-order valence-electron chi connectivity index (χ3n) is 3.35. The van der Waals surface area contributed by atoms with Gasteiger partial charge in [0.15, 0.2) is 0 Å². The third-order valence-corrected chi connectivity index (χ3v) is 3.35. The first-order valence-electron chi connectivity index (χ1n) is 7.65. The number of ether oxygens (including phenoxy) is 1. The Balaban J connectivity index is 1.88. The fourth-order valence-electron chi connectivity index (χ4n) is 2.22. The molecule has 0 spiro atoms. The predicted octanol–water partition coefficient (Wildman–Crippen LogP) is 2.62. The zero-order valence-electron chi connectivity index (χ0n) is 13.2. The van der Waals surface area contributed by atoms with E-state index in [1.807, 2.05) is 61.5 Å². The molecule has 0 aliphatic heterocycles. The maximum atomic E-state index is 12.0. The first-order valence-corrected chi connectivity index (χ1v) is 7.65. The zero-order chi connectivity index (χ0) is 16.5. The molecule has 3 N–H and O–H groups in total. The highest BCUT2D eigenvalue weighted by atomic mass is 16.5. The second-order valence-electron chi connectivity index (χ2n) is 5.05. The summed E-state index contributed by atoms with van der Waals surface area (Å²) in [5.74, 6) is 0.782. The number of aliphatic hydroxyl groups excluding tert-OH is 1. The van der Waals surface area contributed by atoms with E-state index in [4.69, 9.17) is 4.74 Å². The number of nitrogens with one attached hydrogen (secondary N) is 2. The van der Waals surface area contributed by atoms with Gasteiger partial charge in [0.05, 0.1) is 19.3 Å². The van der Waals surface area contributed by atoms with Crippen LogP contribution in [-0.2, 0) is 6.54 Å². The monoisotopic (exact) mass is 314 g/mol. The molecule has 23 heavy (non-hydrogen) atoms. The number of aliphatic hydroxyl groups is 1. The first kappa shape index (κ1) is 16.8. The number of benzene rings is 2. The van der Waals surface area contributed by atoms with E-state index < -0.39 is 6.04 Å². The molecule has 0 fully saturated rings. The summed E-state index contributed by atoms with van der Waals surface area (Å²) in [6.07, 6.45) is 0. The van der Waals surface area contributed by atoms with Gasteiger partial charge in [-0.2, -0.15) is 0 Å². The SMILES string of the molecule is CCOc1cccc(CNC(=O)N[C@H](CO)c2ccccc2)c1. The topological polar surface area (TPSA) is 70.6 Å². The number of carbonyl (C=O) groups is 1. The summed E-state index contributed by atoms with van der Waals surface area (Å²) in [6, 6.07) is 16.2. The van der Waals surface area contributed by atoms with Crippen LogP contribution in [0.25, 0.3) is 0 Å². The van der Waals surface area contributed by atoms with Gasteiger partial charge in [-0.1, -0.05) is 42.5 Å². The van der Waals surface area contributed by atoms with Crippen molar-refractivity contribution in [3.8, 4) is 5.75 Å². The molecule has 1 atom stereocenters. The molecule has 0 heterocycles. The Labute approximate surface area is 136 Å². The van der Waals surface area contributed by atoms with E-state index in [0.29, 0.717) is 13.2 Å². The molecule has 0 aliphatic rings. The Hall–Kier alpha value is -2.53. The average molecular weight is 314 g/mol. The van der Waals surface area contributed by atoms with Crippen LogP contribution in [0.2, 0.25) is 0 Å². The standard InChI is InChI=1S/C18H22N2O3/c1-2-23-16-10-6-7-14(11-16)12-19-18(22)20-17(13-21)15-8-4-3-5-9-15/h3-11,17,21H,2,12-13H2,1H3,(H2,19,20,22)/t17-/m1/s1. The van der Waals surface area contributed by atoms with Crippen LogP contribution in [0.4, 0.5) is 4.79 Å². The van der Waals surface area contributed by atoms with Crippen LogP contribution in [0.5, 0.6) is 5.75 Å². The van der Waals surface area contributed by atoms with Crippen molar-refractivity contribution in [2.24, 2.45) is 0 Å². The van der Waals surface area contributed by atoms with Crippen LogP contribution in [0, 0.1) is 0 Å². The van der Waals surface area contributed by atoms with Crippen LogP contribution in [0.15, 0.2) is 54.6 Å². The van der Waals surface area contributed by atoms with Crippen molar-refractivity contribution in [2.75, 3.05) is 13.2 Å². The Bertz CT molecular complexity index is 617. The number of hydrogen-bond donors (Lipinski definition) is 3. The second-order valence-corrected chi connectivity index (χ2v) is 5.05. The van der Waals surface area contributed by atoms with Gasteiger partial charge in [-0.25, -0.2) is 4.79 Å². The van der Waals surface area contributed by atoms with Gasteiger partial charge in [-0.05, 0) is 30.2 Å². The van der Waals surface area contributed by atoms with Crippen molar-refractivity contribution in [3.63, 3.8) is 0 Å². The summed E-state index contributed by atoms with van der Waals surface area (Å²) < 4.78 is 5.43. The number of carbonyl (C=O) groups excluding carboxylic acids is 1. The highest BCUT2D eigenvalue weighted by molar-refractivity contribution is 5.74. The summed E-state index contributed by atoms with van der Waals surface area (Å²) in [6.45, 7) is 2.76. The van der Waals surface area contributed by atoms with Crippen LogP contribution in [0.3, 0.4) is 0 Å². The van der Waals surface area contributed by atoms with E-state index >= 15 is 0 Å². The van der Waals surface area contributed by atoms with E-state index in [1.54, 1.807) is 0 Å². The quantitative estimate of drug-likeness (QED) is 0.736. The van der Waals surface area contributed by atoms with Crippen molar-refractivity contribution in [1.82, 2.24) is 10.6 Å². The molecule has 5 heteroatoms. The normalized spacial score (nSPS) is 11.6. The number of rotatable bonds is 7. The molecule has 0 bridgehead atoms. The van der Waals surface area contributed by atoms with Crippen LogP contribution < -0.4 is 15.4 Å². The molecule has 0 aromatic heterocycles. The average Bonchev–Trinajstić information content (AvgIpc) is 2.59. The van der Waals surface area contributed by atoms with Gasteiger partial charge in [0.1, 0.15) is 5.75 Å². The fourth-order valence-corrected chi connectivity index (χ4v) is 2.22. The lowest BCUT2D eigenvalue weighted by Crippen LogP contribution is -2.38. The summed E-state index contributed by atoms with van der Waals surface area (Å²) >= 11 is 0. The predicted molar refractivity (Wildman–Crippen MR) is 89.3 cm³/mol. The fraction of sp³-hybridized carbons (Fsp3) is 0.278. The molecule has 0 aliphatic carbocycles. The number of amides is 2. The Morgan fingerprint density at radius 3 is 2.65 bits per heavy atom. The lowest BCUT2D eigenvalue weighted by atomic mass is 10.1. The van der Waals surface area contributed by atoms with Crippen molar-refractivity contribution in [2.45, 2.75) is 19.5 Å². The molecule has 2 aromatic rings. The molecule has 2 rings (SSSR count). The minimum atomic E-state index is -0.425. The van der Waals surface area contributed by atoms with Gasteiger partial charge in [0, 0.05) is 6.54 Å². The van der Waals surface area contributed by atoms with E-state index in [-0.39, 0.29) is 12.6 Å². The van der Waals surface area contributed by atoms with Crippen molar-refractivity contribution < 1.29 is 14.6 Å². The second kappa shape index (κ2) is 8.80. The zero-order valence-corrected chi connectivity index (χ0v) is 13.2.